The Morgan fingerprint density at radius 1 is 1.25 bits per heavy atom. The molecule has 0 fully saturated rings. The van der Waals surface area contributed by atoms with Crippen LogP contribution in [0.4, 0.5) is 0 Å². The first-order valence-electron chi connectivity index (χ1n) is 5.03. The van der Waals surface area contributed by atoms with Crippen molar-refractivity contribution in [3.63, 3.8) is 0 Å². The minimum Gasteiger partial charge on any atom is -0.308 e. The van der Waals surface area contributed by atoms with Crippen molar-refractivity contribution in [2.75, 3.05) is 6.54 Å². The lowest BCUT2D eigenvalue weighted by molar-refractivity contribution is -0.109. The fourth-order valence-corrected chi connectivity index (χ4v) is 1.27. The molecule has 0 unspecified atom stereocenters. The first-order chi connectivity index (χ1) is 5.85. The van der Waals surface area contributed by atoms with Gasteiger partial charge in [0.25, 0.3) is 0 Å². The molecule has 0 amide bonds. The van der Waals surface area contributed by atoms with E-state index >= 15 is 0 Å². The molecule has 0 spiro atoms. The van der Waals surface area contributed by atoms with Gasteiger partial charge < -0.3 is 10.1 Å². The summed E-state index contributed by atoms with van der Waals surface area (Å²) in [6, 6.07) is 0.0897. The molecule has 0 aromatic heterocycles. The maximum atomic E-state index is 10.5. The molecule has 2 nitrogen and oxygen atoms in total. The second-order valence-corrected chi connectivity index (χ2v) is 3.15. The zero-order chi connectivity index (χ0) is 9.23. The van der Waals surface area contributed by atoms with Crippen molar-refractivity contribution in [1.29, 1.82) is 0 Å². The summed E-state index contributed by atoms with van der Waals surface area (Å²) in [4.78, 5) is 10.5. The number of carbonyl (C=O) groups is 1. The molecule has 0 aliphatic heterocycles. The summed E-state index contributed by atoms with van der Waals surface area (Å²) in [6.45, 7) is 5.11. The Balaban J connectivity index is 3.25. The molecular weight excluding hydrogens is 150 g/mol. The second-order valence-electron chi connectivity index (χ2n) is 3.15. The lowest BCUT2D eigenvalue weighted by atomic mass is 10.1. The summed E-state index contributed by atoms with van der Waals surface area (Å²) in [5.41, 5.74) is 0. The number of aldehydes is 1. The van der Waals surface area contributed by atoms with Gasteiger partial charge in [-0.1, -0.05) is 39.5 Å². The SMILES string of the molecule is CCCCCC[C@@H](C=O)NCC. The Kier molecular flexibility index (Phi) is 8.46. The topological polar surface area (TPSA) is 29.1 Å². The highest BCUT2D eigenvalue weighted by molar-refractivity contribution is 5.57. The van der Waals surface area contributed by atoms with Gasteiger partial charge >= 0.3 is 0 Å². The molecule has 0 bridgehead atoms. The minimum atomic E-state index is 0.0897. The molecule has 0 aromatic carbocycles. The third-order valence-electron chi connectivity index (χ3n) is 2.00. The highest BCUT2D eigenvalue weighted by Gasteiger charge is 2.03. The second kappa shape index (κ2) is 8.72. The smallest absolute Gasteiger partial charge is 0.136 e. The van der Waals surface area contributed by atoms with E-state index in [0.717, 1.165) is 19.3 Å². The van der Waals surface area contributed by atoms with Crippen LogP contribution in [0.15, 0.2) is 0 Å². The fourth-order valence-electron chi connectivity index (χ4n) is 1.27. The minimum absolute atomic E-state index is 0.0897. The summed E-state index contributed by atoms with van der Waals surface area (Å²) in [5.74, 6) is 0. The van der Waals surface area contributed by atoms with Crippen LogP contribution in [0.3, 0.4) is 0 Å². The predicted octanol–water partition coefficient (Wildman–Crippen LogP) is 2.13. The number of carbonyl (C=O) groups excluding carboxylic acids is 1. The summed E-state index contributed by atoms with van der Waals surface area (Å²) < 4.78 is 0. The molecule has 0 rings (SSSR count). The average Bonchev–Trinajstić information content (AvgIpc) is 2.10. The van der Waals surface area contributed by atoms with Gasteiger partial charge in [0, 0.05) is 0 Å². The van der Waals surface area contributed by atoms with Gasteiger partial charge in [0.2, 0.25) is 0 Å². The Morgan fingerprint density at radius 2 is 2.00 bits per heavy atom. The maximum Gasteiger partial charge on any atom is 0.136 e. The highest BCUT2D eigenvalue weighted by Crippen LogP contribution is 2.04. The Hall–Kier alpha value is -0.370. The zero-order valence-electron chi connectivity index (χ0n) is 8.31. The summed E-state index contributed by atoms with van der Waals surface area (Å²) in [5, 5.41) is 3.14. The van der Waals surface area contributed by atoms with Crippen molar-refractivity contribution >= 4 is 6.29 Å². The van der Waals surface area contributed by atoms with E-state index in [-0.39, 0.29) is 6.04 Å². The fraction of sp³-hybridized carbons (Fsp3) is 0.900. The van der Waals surface area contributed by atoms with E-state index < -0.39 is 0 Å². The molecule has 1 N–H and O–H groups in total. The molecule has 0 saturated carbocycles. The van der Waals surface area contributed by atoms with E-state index in [2.05, 4.69) is 12.2 Å². The Morgan fingerprint density at radius 3 is 2.50 bits per heavy atom. The first-order valence-corrected chi connectivity index (χ1v) is 5.03. The Labute approximate surface area is 75.7 Å². The standard InChI is InChI=1S/C10H21NO/c1-3-5-6-7-8-10(9-12)11-4-2/h9-11H,3-8H2,1-2H3/t10-/m0/s1. The molecule has 0 aliphatic carbocycles. The predicted molar refractivity (Wildman–Crippen MR) is 52.3 cm³/mol. The quantitative estimate of drug-likeness (QED) is 0.448. The van der Waals surface area contributed by atoms with Gasteiger partial charge in [0.15, 0.2) is 0 Å². The van der Waals surface area contributed by atoms with E-state index in [1.165, 1.54) is 25.7 Å². The highest BCUT2D eigenvalue weighted by atomic mass is 16.1. The molecule has 2 heteroatoms. The number of nitrogens with one attached hydrogen (secondary N) is 1. The van der Waals surface area contributed by atoms with Crippen molar-refractivity contribution in [3.8, 4) is 0 Å². The van der Waals surface area contributed by atoms with Crippen molar-refractivity contribution < 1.29 is 4.79 Å². The normalized spacial score (nSPS) is 12.8. The number of unbranched alkanes of at least 4 members (excludes halogenated alkanes) is 3. The molecule has 1 atom stereocenters. The van der Waals surface area contributed by atoms with Crippen molar-refractivity contribution in [3.05, 3.63) is 0 Å². The Bertz CT molecular complexity index is 104. The van der Waals surface area contributed by atoms with Crippen molar-refractivity contribution in [1.82, 2.24) is 5.32 Å². The van der Waals surface area contributed by atoms with E-state index in [9.17, 15) is 4.79 Å². The van der Waals surface area contributed by atoms with Crippen LogP contribution in [0.2, 0.25) is 0 Å². The molecular formula is C10H21NO. The van der Waals surface area contributed by atoms with E-state index in [1.807, 2.05) is 6.92 Å². The summed E-state index contributed by atoms with van der Waals surface area (Å²) in [7, 11) is 0. The van der Waals surface area contributed by atoms with Gasteiger partial charge in [-0.15, -0.1) is 0 Å². The molecule has 0 aromatic rings. The number of likely N-dealkylation sites (N-methyl/N-ethyl adjacent to an activating group) is 1. The van der Waals surface area contributed by atoms with E-state index in [1.54, 1.807) is 0 Å². The van der Waals surface area contributed by atoms with Crippen LogP contribution in [-0.4, -0.2) is 18.9 Å². The monoisotopic (exact) mass is 171 g/mol. The largest absolute Gasteiger partial charge is 0.308 e. The zero-order valence-corrected chi connectivity index (χ0v) is 8.31. The van der Waals surface area contributed by atoms with Gasteiger partial charge in [-0.25, -0.2) is 0 Å². The van der Waals surface area contributed by atoms with E-state index in [4.69, 9.17) is 0 Å². The lowest BCUT2D eigenvalue weighted by Gasteiger charge is -2.09. The van der Waals surface area contributed by atoms with E-state index in [0.29, 0.717) is 0 Å². The van der Waals surface area contributed by atoms with Crippen LogP contribution in [0.1, 0.15) is 46.0 Å². The first kappa shape index (κ1) is 11.6. The van der Waals surface area contributed by atoms with Gasteiger partial charge in [0.1, 0.15) is 6.29 Å². The molecule has 0 heterocycles. The molecule has 0 saturated heterocycles. The average molecular weight is 171 g/mol. The number of hydrogen-bond donors (Lipinski definition) is 1. The van der Waals surface area contributed by atoms with Crippen molar-refractivity contribution in [2.45, 2.75) is 52.0 Å². The van der Waals surface area contributed by atoms with Crippen LogP contribution in [0.5, 0.6) is 0 Å². The molecule has 0 radical (unpaired) electrons. The number of rotatable bonds is 8. The lowest BCUT2D eigenvalue weighted by Crippen LogP contribution is -2.29. The van der Waals surface area contributed by atoms with Crippen LogP contribution in [-0.2, 0) is 4.79 Å². The number of hydrogen-bond acceptors (Lipinski definition) is 2. The van der Waals surface area contributed by atoms with Crippen LogP contribution in [0, 0.1) is 0 Å². The third-order valence-corrected chi connectivity index (χ3v) is 2.00. The molecule has 72 valence electrons. The van der Waals surface area contributed by atoms with Gasteiger partial charge in [-0.3, -0.25) is 0 Å². The van der Waals surface area contributed by atoms with Crippen LogP contribution < -0.4 is 5.32 Å². The van der Waals surface area contributed by atoms with Gasteiger partial charge in [0.05, 0.1) is 6.04 Å². The molecule has 12 heavy (non-hydrogen) atoms. The summed E-state index contributed by atoms with van der Waals surface area (Å²) in [6.07, 6.45) is 6.99. The molecule has 0 aliphatic rings. The van der Waals surface area contributed by atoms with Crippen LogP contribution in [0.25, 0.3) is 0 Å². The van der Waals surface area contributed by atoms with Crippen molar-refractivity contribution in [2.24, 2.45) is 0 Å². The third kappa shape index (κ3) is 6.35. The maximum absolute atomic E-state index is 10.5. The summed E-state index contributed by atoms with van der Waals surface area (Å²) >= 11 is 0. The van der Waals surface area contributed by atoms with Gasteiger partial charge in [-0.2, -0.15) is 0 Å². The van der Waals surface area contributed by atoms with Gasteiger partial charge in [-0.05, 0) is 13.0 Å². The van der Waals surface area contributed by atoms with Crippen LogP contribution >= 0.6 is 0 Å².